The Hall–Kier alpha value is -1.58. The summed E-state index contributed by atoms with van der Waals surface area (Å²) in [6.45, 7) is 3.29. The molecule has 0 aliphatic rings. The SMILES string of the molecule is C#CCC(CC)NS(=O)(=O)c1cc(C)c(F)c(N)c1. The zero-order valence-corrected chi connectivity index (χ0v) is 11.7. The van der Waals surface area contributed by atoms with Crippen LogP contribution in [0.2, 0.25) is 0 Å². The van der Waals surface area contributed by atoms with Crippen molar-refractivity contribution >= 4 is 15.7 Å². The number of terminal acetylenes is 1. The Bertz CT molecular complexity index is 583. The van der Waals surface area contributed by atoms with E-state index in [-0.39, 0.29) is 22.2 Å². The monoisotopic (exact) mass is 284 g/mol. The van der Waals surface area contributed by atoms with Crippen LogP contribution < -0.4 is 10.5 Å². The van der Waals surface area contributed by atoms with E-state index in [1.165, 1.54) is 13.0 Å². The highest BCUT2D eigenvalue weighted by molar-refractivity contribution is 7.89. The van der Waals surface area contributed by atoms with Gasteiger partial charge in [0, 0.05) is 12.5 Å². The van der Waals surface area contributed by atoms with E-state index in [0.29, 0.717) is 12.8 Å². The average Bonchev–Trinajstić information content (AvgIpc) is 2.34. The number of hydrogen-bond donors (Lipinski definition) is 2. The highest BCUT2D eigenvalue weighted by Gasteiger charge is 2.20. The first-order valence-electron chi connectivity index (χ1n) is 5.83. The van der Waals surface area contributed by atoms with Crippen molar-refractivity contribution < 1.29 is 12.8 Å². The molecule has 0 aliphatic carbocycles. The molecule has 6 heteroatoms. The molecule has 1 unspecified atom stereocenters. The molecule has 0 saturated carbocycles. The minimum absolute atomic E-state index is 0.0561. The maximum atomic E-state index is 13.4. The van der Waals surface area contributed by atoms with Crippen molar-refractivity contribution in [2.45, 2.75) is 37.6 Å². The number of hydrogen-bond acceptors (Lipinski definition) is 3. The molecule has 0 amide bonds. The molecule has 0 aromatic heterocycles. The van der Waals surface area contributed by atoms with Crippen LogP contribution in [-0.4, -0.2) is 14.5 Å². The Balaban J connectivity index is 3.11. The lowest BCUT2D eigenvalue weighted by molar-refractivity contribution is 0.543. The standard InChI is InChI=1S/C13H17FN2O2S/c1-4-6-10(5-2)16-19(17,18)11-7-9(3)13(14)12(15)8-11/h1,7-8,10,16H,5-6,15H2,2-3H3. The summed E-state index contributed by atoms with van der Waals surface area (Å²) in [6, 6.07) is 2.01. The van der Waals surface area contributed by atoms with Crippen LogP contribution in [0.4, 0.5) is 10.1 Å². The van der Waals surface area contributed by atoms with Crippen LogP contribution in [0.5, 0.6) is 0 Å². The van der Waals surface area contributed by atoms with E-state index in [4.69, 9.17) is 12.2 Å². The van der Waals surface area contributed by atoms with E-state index < -0.39 is 15.8 Å². The van der Waals surface area contributed by atoms with Gasteiger partial charge in [-0.05, 0) is 31.0 Å². The lowest BCUT2D eigenvalue weighted by Crippen LogP contribution is -2.34. The predicted molar refractivity (Wildman–Crippen MR) is 73.4 cm³/mol. The molecule has 1 rings (SSSR count). The first kappa shape index (κ1) is 15.5. The van der Waals surface area contributed by atoms with E-state index in [2.05, 4.69) is 10.6 Å². The molecular weight excluding hydrogens is 267 g/mol. The van der Waals surface area contributed by atoms with Crippen LogP contribution in [-0.2, 0) is 10.0 Å². The number of nitrogen functional groups attached to an aromatic ring is 1. The van der Waals surface area contributed by atoms with Gasteiger partial charge in [-0.2, -0.15) is 0 Å². The third kappa shape index (κ3) is 3.69. The van der Waals surface area contributed by atoms with E-state index in [1.807, 2.05) is 6.92 Å². The predicted octanol–water partition coefficient (Wildman–Crippen LogP) is 1.80. The van der Waals surface area contributed by atoms with Gasteiger partial charge in [0.2, 0.25) is 10.0 Å². The molecule has 4 nitrogen and oxygen atoms in total. The van der Waals surface area contributed by atoms with Crippen LogP contribution in [0.15, 0.2) is 17.0 Å². The van der Waals surface area contributed by atoms with Crippen molar-refractivity contribution in [1.82, 2.24) is 4.72 Å². The van der Waals surface area contributed by atoms with Crippen LogP contribution >= 0.6 is 0 Å². The third-order valence-corrected chi connectivity index (χ3v) is 4.25. The Morgan fingerprint density at radius 3 is 2.63 bits per heavy atom. The normalized spacial score (nSPS) is 12.9. The molecule has 0 spiro atoms. The average molecular weight is 284 g/mol. The van der Waals surface area contributed by atoms with Gasteiger partial charge in [-0.15, -0.1) is 12.3 Å². The second-order valence-electron chi connectivity index (χ2n) is 4.28. The highest BCUT2D eigenvalue weighted by atomic mass is 32.2. The van der Waals surface area contributed by atoms with E-state index in [1.54, 1.807) is 0 Å². The first-order valence-corrected chi connectivity index (χ1v) is 7.31. The molecule has 0 aliphatic heterocycles. The van der Waals surface area contributed by atoms with E-state index in [0.717, 1.165) is 6.07 Å². The maximum Gasteiger partial charge on any atom is 0.240 e. The number of nitrogens with one attached hydrogen (secondary N) is 1. The van der Waals surface area contributed by atoms with Crippen molar-refractivity contribution in [2.24, 2.45) is 0 Å². The number of anilines is 1. The van der Waals surface area contributed by atoms with Crippen LogP contribution in [0.3, 0.4) is 0 Å². The molecule has 19 heavy (non-hydrogen) atoms. The smallest absolute Gasteiger partial charge is 0.240 e. The fraction of sp³-hybridized carbons (Fsp3) is 0.385. The Morgan fingerprint density at radius 2 is 2.16 bits per heavy atom. The number of sulfonamides is 1. The molecule has 1 aromatic carbocycles. The van der Waals surface area contributed by atoms with Gasteiger partial charge >= 0.3 is 0 Å². The highest BCUT2D eigenvalue weighted by Crippen LogP contribution is 2.21. The summed E-state index contributed by atoms with van der Waals surface area (Å²) in [6.07, 6.45) is 6.04. The van der Waals surface area contributed by atoms with Gasteiger partial charge in [0.25, 0.3) is 0 Å². The van der Waals surface area contributed by atoms with E-state index >= 15 is 0 Å². The van der Waals surface area contributed by atoms with Gasteiger partial charge in [-0.3, -0.25) is 0 Å². The molecule has 3 N–H and O–H groups in total. The largest absolute Gasteiger partial charge is 0.396 e. The molecule has 0 heterocycles. The van der Waals surface area contributed by atoms with Crippen molar-refractivity contribution in [1.29, 1.82) is 0 Å². The van der Waals surface area contributed by atoms with Crippen LogP contribution in [0.1, 0.15) is 25.3 Å². The Labute approximate surface area is 113 Å². The van der Waals surface area contributed by atoms with Gasteiger partial charge in [-0.25, -0.2) is 17.5 Å². The minimum atomic E-state index is -3.75. The summed E-state index contributed by atoms with van der Waals surface area (Å²) in [5.74, 6) is 1.81. The van der Waals surface area contributed by atoms with Gasteiger partial charge < -0.3 is 5.73 Å². The second kappa shape index (κ2) is 6.04. The van der Waals surface area contributed by atoms with Crippen molar-refractivity contribution in [3.8, 4) is 12.3 Å². The fourth-order valence-corrected chi connectivity index (χ4v) is 3.06. The number of aryl methyl sites for hydroxylation is 1. The molecule has 0 saturated heterocycles. The molecule has 0 bridgehead atoms. The van der Waals surface area contributed by atoms with Gasteiger partial charge in [0.15, 0.2) is 0 Å². The van der Waals surface area contributed by atoms with Crippen LogP contribution in [0.25, 0.3) is 0 Å². The lowest BCUT2D eigenvalue weighted by Gasteiger charge is -2.15. The lowest BCUT2D eigenvalue weighted by atomic mass is 10.2. The minimum Gasteiger partial charge on any atom is -0.396 e. The first-order chi connectivity index (χ1) is 8.81. The zero-order chi connectivity index (χ0) is 14.6. The number of benzene rings is 1. The van der Waals surface area contributed by atoms with Gasteiger partial charge in [-0.1, -0.05) is 6.92 Å². The quantitative estimate of drug-likeness (QED) is 0.639. The van der Waals surface area contributed by atoms with Crippen molar-refractivity contribution in [3.63, 3.8) is 0 Å². The summed E-state index contributed by atoms with van der Waals surface area (Å²) in [4.78, 5) is -0.0561. The summed E-state index contributed by atoms with van der Waals surface area (Å²) in [7, 11) is -3.75. The maximum absolute atomic E-state index is 13.4. The number of nitrogens with two attached hydrogens (primary N) is 1. The Morgan fingerprint density at radius 1 is 1.53 bits per heavy atom. The van der Waals surface area contributed by atoms with Crippen molar-refractivity contribution in [3.05, 3.63) is 23.5 Å². The molecule has 104 valence electrons. The molecule has 1 aromatic rings. The Kier molecular flexibility index (Phi) is 4.92. The molecular formula is C13H17FN2O2S. The summed E-state index contributed by atoms with van der Waals surface area (Å²) < 4.78 is 40.1. The number of halogens is 1. The van der Waals surface area contributed by atoms with Gasteiger partial charge in [0.05, 0.1) is 10.6 Å². The number of rotatable bonds is 5. The molecule has 1 atom stereocenters. The van der Waals surface area contributed by atoms with Crippen LogP contribution in [0, 0.1) is 25.1 Å². The van der Waals surface area contributed by atoms with E-state index in [9.17, 15) is 12.8 Å². The topological polar surface area (TPSA) is 72.2 Å². The van der Waals surface area contributed by atoms with Crippen molar-refractivity contribution in [2.75, 3.05) is 5.73 Å². The van der Waals surface area contributed by atoms with Gasteiger partial charge in [0.1, 0.15) is 5.82 Å². The molecule has 0 radical (unpaired) electrons. The summed E-state index contributed by atoms with van der Waals surface area (Å²) in [5, 5.41) is 0. The fourth-order valence-electron chi connectivity index (χ4n) is 1.62. The summed E-state index contributed by atoms with van der Waals surface area (Å²) in [5.41, 5.74) is 5.44. The zero-order valence-electron chi connectivity index (χ0n) is 10.9. The molecule has 0 fully saturated rings. The third-order valence-electron chi connectivity index (χ3n) is 2.75. The second-order valence-corrected chi connectivity index (χ2v) is 5.99. The summed E-state index contributed by atoms with van der Waals surface area (Å²) >= 11 is 0.